The molecule has 14 atom stereocenters. The minimum Gasteiger partial charge on any atom is -0.481 e. The SMILES string of the molecule is CC[C@H](C)[C@H](NC(=O)[C@@H](NC(=O)[C@H](Cc1ccc(C(F)(F)F)cc1)NC(C)=O)[C@@H](C)O)C(=O)N[C@H]1CSSC[C@@H](C(=O)N[C@@H](Cc2c[nH]c3ccccc23)C(=O)N2CCC[C@H]2C(N)=O)NC(=O)[C@H](CC(=O)O)NC(=O)[C@H](Cc2cnc[nH]2)NC(=O)[C@H](Cc2c[nH]c3ccccc23)NC(=O)[C@H](CC(N)=O)NC(=O)[C@H](CC(N)=O)NC1=O. The van der Waals surface area contributed by atoms with Crippen LogP contribution in [0.5, 0.6) is 0 Å². The molecule has 2 saturated heterocycles. The molecule has 618 valence electrons. The van der Waals surface area contributed by atoms with Gasteiger partial charge in [0.15, 0.2) is 0 Å². The highest BCUT2D eigenvalue weighted by Crippen LogP contribution is 2.30. The van der Waals surface area contributed by atoms with Gasteiger partial charge in [-0.2, -0.15) is 13.2 Å². The average molecular weight is 1640 g/mol. The second-order valence-corrected chi connectivity index (χ2v) is 30.3. The first-order chi connectivity index (χ1) is 54.5. The molecule has 22 N–H and O–H groups in total. The van der Waals surface area contributed by atoms with Crippen LogP contribution in [-0.2, 0) is 109 Å². The number of likely N-dealkylation sites (tertiary alicyclic amines) is 1. The smallest absolute Gasteiger partial charge is 0.416 e. The van der Waals surface area contributed by atoms with E-state index in [-0.39, 0.29) is 37.1 Å². The van der Waals surface area contributed by atoms with Crippen molar-refractivity contribution in [3.63, 3.8) is 0 Å². The number of nitrogens with one attached hydrogen (secondary N) is 14. The Bertz CT molecular complexity index is 4580. The van der Waals surface area contributed by atoms with Gasteiger partial charge in [-0.15, -0.1) is 0 Å². The highest BCUT2D eigenvalue weighted by molar-refractivity contribution is 8.76. The van der Waals surface area contributed by atoms with E-state index in [9.17, 15) is 76.1 Å². The molecule has 3 aromatic carbocycles. The number of nitrogens with zero attached hydrogens (tertiary/aromatic N) is 2. The number of aromatic amines is 3. The van der Waals surface area contributed by atoms with E-state index in [1.807, 2.05) is 0 Å². The number of carboxylic acid groups (broad SMARTS) is 1. The fraction of sp³-hybridized carbons (Fsp3) is 0.438. The molecule has 15 amide bonds. The van der Waals surface area contributed by atoms with Crippen LogP contribution < -0.4 is 75.7 Å². The first-order valence-corrected chi connectivity index (χ1v) is 38.8. The predicted octanol–water partition coefficient (Wildman–Crippen LogP) is -2.46. The van der Waals surface area contributed by atoms with Gasteiger partial charge in [0.25, 0.3) is 0 Å². The number of carbonyl (C=O) groups excluding carboxylic acids is 15. The quantitative estimate of drug-likeness (QED) is 0.0227. The van der Waals surface area contributed by atoms with Crippen molar-refractivity contribution < 1.29 is 100 Å². The normalized spacial score (nSPS) is 21.3. The molecule has 5 heterocycles. The van der Waals surface area contributed by atoms with Crippen molar-refractivity contribution in [3.8, 4) is 0 Å². The summed E-state index contributed by atoms with van der Waals surface area (Å²) in [5.74, 6) is -21.3. The average Bonchev–Trinajstić information content (AvgIpc) is 1.66. The van der Waals surface area contributed by atoms with Crippen molar-refractivity contribution in [1.82, 2.24) is 83.3 Å². The van der Waals surface area contributed by atoms with Crippen LogP contribution in [0.25, 0.3) is 21.8 Å². The van der Waals surface area contributed by atoms with Crippen LogP contribution in [0.3, 0.4) is 0 Å². The van der Waals surface area contributed by atoms with Crippen molar-refractivity contribution in [2.45, 2.75) is 177 Å². The monoisotopic (exact) mass is 1640 g/mol. The number of para-hydroxylation sites is 2. The van der Waals surface area contributed by atoms with E-state index >= 15 is 24.0 Å². The minimum absolute atomic E-state index is 0.0259. The Labute approximate surface area is 661 Å². The molecule has 0 bridgehead atoms. The first-order valence-electron chi connectivity index (χ1n) is 36.3. The minimum atomic E-state index is -4.72. The fourth-order valence-corrected chi connectivity index (χ4v) is 15.2. The standard InChI is InChI=1S/C73H90F3N19O18S2/c1-5-34(2)59(93-71(112)60(35(3)96)94-67(108)46(84-36(4)97)21-37-16-18-40(19-17-37)73(74,75)76)70(111)92-54-32-115-114-31-53(69(110)90-52(72(113)95-20-10-15-55(95)61(79)102)23-39-29-82-45-14-9-7-12-43(39)45)91-66(107)51(27-58(100)101)89-63(104)48(24-41-30-80-33-83-41)86-62(103)47(22-38-28-81-44-13-8-6-11-42(38)44)85-64(105)49(25-56(77)98)87-65(106)50(26-57(78)99)88-68(54)109/h6-9,11-14,16-19,28-30,33-35,46-55,59-60,81-82,96H,5,10,15,20-27,31-32H2,1-4H3,(H2,77,98)(H2,78,99)(H2,79,102)(H,80,83)(H,84,97)(H,85,105)(H,86,103)(H,87,106)(H,88,109)(H,89,104)(H,90,110)(H,91,107)(H,92,111)(H,93,112)(H,94,108)(H,100,101)/t34-,35+,46-,47-,48-,49-,50-,51-,52-,53-,54-,55-,59-,60-/m0/s1. The molecule has 42 heteroatoms. The van der Waals surface area contributed by atoms with E-state index in [1.165, 1.54) is 30.5 Å². The Balaban J connectivity index is 1.19. The maximum atomic E-state index is 15.3. The van der Waals surface area contributed by atoms with Crippen molar-refractivity contribution in [2.75, 3.05) is 18.1 Å². The highest BCUT2D eigenvalue weighted by Gasteiger charge is 2.42. The number of primary amides is 3. The molecule has 2 aliphatic heterocycles. The Kier molecular flexibility index (Phi) is 31.2. The van der Waals surface area contributed by atoms with Gasteiger partial charge in [0.05, 0.1) is 37.3 Å². The number of alkyl halides is 3. The molecule has 6 aromatic rings. The zero-order valence-electron chi connectivity index (χ0n) is 62.5. The topological polar surface area (TPSA) is 587 Å². The number of aromatic nitrogens is 4. The Morgan fingerprint density at radius 2 is 1.14 bits per heavy atom. The largest absolute Gasteiger partial charge is 0.481 e. The number of halogens is 3. The third-order valence-corrected chi connectivity index (χ3v) is 21.5. The van der Waals surface area contributed by atoms with Gasteiger partial charge < -0.3 is 106 Å². The number of amides is 15. The summed E-state index contributed by atoms with van der Waals surface area (Å²) in [5, 5.41) is 49.3. The number of benzene rings is 3. The summed E-state index contributed by atoms with van der Waals surface area (Å²) in [7, 11) is 1.34. The third kappa shape index (κ3) is 25.0. The second-order valence-electron chi connectivity index (χ2n) is 27.7. The lowest BCUT2D eigenvalue weighted by atomic mass is 9.97. The van der Waals surface area contributed by atoms with Crippen molar-refractivity contribution in [3.05, 3.63) is 126 Å². The van der Waals surface area contributed by atoms with E-state index < -0.39 is 241 Å². The number of hydrogen-bond acceptors (Lipinski definition) is 20. The number of imidazole rings is 1. The van der Waals surface area contributed by atoms with Gasteiger partial charge in [-0.1, -0.05) is 90.4 Å². The summed E-state index contributed by atoms with van der Waals surface area (Å²) in [6, 6.07) is -4.46. The van der Waals surface area contributed by atoms with E-state index in [0.29, 0.717) is 60.9 Å². The van der Waals surface area contributed by atoms with Crippen LogP contribution in [0.4, 0.5) is 13.2 Å². The van der Waals surface area contributed by atoms with Crippen LogP contribution in [0, 0.1) is 5.92 Å². The van der Waals surface area contributed by atoms with Gasteiger partial charge in [0.1, 0.15) is 72.5 Å². The summed E-state index contributed by atoms with van der Waals surface area (Å²) >= 11 is 0. The molecule has 0 aliphatic carbocycles. The zero-order chi connectivity index (χ0) is 84.1. The predicted molar refractivity (Wildman–Crippen MR) is 408 cm³/mol. The third-order valence-electron chi connectivity index (χ3n) is 19.1. The number of aliphatic hydroxyl groups is 1. The van der Waals surface area contributed by atoms with Crippen LogP contribution >= 0.6 is 21.6 Å². The van der Waals surface area contributed by atoms with Crippen molar-refractivity contribution in [1.29, 1.82) is 0 Å². The molecule has 8 rings (SSSR count). The van der Waals surface area contributed by atoms with Crippen molar-refractivity contribution in [2.24, 2.45) is 23.1 Å². The van der Waals surface area contributed by atoms with Gasteiger partial charge in [0.2, 0.25) is 88.6 Å². The number of hydrogen-bond donors (Lipinski definition) is 19. The molecule has 2 fully saturated rings. The Hall–Kier alpha value is -12.1. The van der Waals surface area contributed by atoms with E-state index in [0.717, 1.165) is 38.1 Å². The number of aliphatic carboxylic acids is 1. The highest BCUT2D eigenvalue weighted by atomic mass is 33.1. The van der Waals surface area contributed by atoms with Crippen LogP contribution in [0.2, 0.25) is 0 Å². The molecule has 0 unspecified atom stereocenters. The van der Waals surface area contributed by atoms with E-state index in [2.05, 4.69) is 78.4 Å². The number of carbonyl (C=O) groups is 16. The lowest BCUT2D eigenvalue weighted by molar-refractivity contribution is -0.142. The van der Waals surface area contributed by atoms with Gasteiger partial charge in [0, 0.05) is 96.7 Å². The Morgan fingerprint density at radius 3 is 1.69 bits per heavy atom. The molecule has 3 aromatic heterocycles. The zero-order valence-corrected chi connectivity index (χ0v) is 64.1. The summed E-state index contributed by atoms with van der Waals surface area (Å²) in [6.07, 6.45) is -5.27. The van der Waals surface area contributed by atoms with Crippen LogP contribution in [0.1, 0.15) is 94.2 Å². The number of fused-ring (bicyclic) bond motifs is 2. The maximum absolute atomic E-state index is 15.3. The van der Waals surface area contributed by atoms with Gasteiger partial charge in [-0.3, -0.25) is 76.7 Å². The lowest BCUT2D eigenvalue weighted by Gasteiger charge is -2.30. The molecule has 0 spiro atoms. The molecule has 2 aliphatic rings. The fourth-order valence-electron chi connectivity index (χ4n) is 12.9. The number of nitrogens with two attached hydrogens (primary N) is 3. The molecule has 0 saturated carbocycles. The second kappa shape index (κ2) is 40.6. The molecule has 115 heavy (non-hydrogen) atoms. The lowest BCUT2D eigenvalue weighted by Crippen LogP contribution is -2.63. The molecular formula is C73H90F3N19O18S2. The molecular weight excluding hydrogens is 1550 g/mol. The summed E-state index contributed by atoms with van der Waals surface area (Å²) in [5.41, 5.74) is 18.4. The number of aliphatic hydroxyl groups excluding tert-OH is 1. The number of rotatable bonds is 28. The first kappa shape index (κ1) is 88.5. The molecule has 0 radical (unpaired) electrons. The molecule has 37 nitrogen and oxygen atoms in total. The van der Waals surface area contributed by atoms with E-state index in [1.54, 1.807) is 61.7 Å². The van der Waals surface area contributed by atoms with Crippen molar-refractivity contribution >= 4 is 138 Å². The van der Waals surface area contributed by atoms with Gasteiger partial charge >= 0.3 is 12.1 Å². The van der Waals surface area contributed by atoms with E-state index in [4.69, 9.17) is 17.2 Å². The Morgan fingerprint density at radius 1 is 0.609 bits per heavy atom. The van der Waals surface area contributed by atoms with Gasteiger partial charge in [-0.05, 0) is 66.6 Å². The summed E-state index contributed by atoms with van der Waals surface area (Å²) < 4.78 is 40.4. The van der Waals surface area contributed by atoms with Crippen LogP contribution in [0.15, 0.2) is 97.7 Å². The maximum Gasteiger partial charge on any atom is 0.416 e. The van der Waals surface area contributed by atoms with Gasteiger partial charge in [-0.25, -0.2) is 4.98 Å². The summed E-state index contributed by atoms with van der Waals surface area (Å²) in [4.78, 5) is 241. The number of carboxylic acids is 1. The number of H-pyrrole nitrogens is 3. The summed E-state index contributed by atoms with van der Waals surface area (Å²) in [6.45, 7) is 5.19. The van der Waals surface area contributed by atoms with Crippen LogP contribution in [-0.4, -0.2) is 226 Å².